The van der Waals surface area contributed by atoms with Crippen LogP contribution in [0, 0.1) is 0 Å². The lowest BCUT2D eigenvalue weighted by atomic mass is 10.1. The molecule has 0 radical (unpaired) electrons. The molecule has 17 heavy (non-hydrogen) atoms. The summed E-state index contributed by atoms with van der Waals surface area (Å²) >= 11 is 5.78. The fraction of sp³-hybridized carbons (Fsp3) is 0.455. The monoisotopic (exact) mass is 275 g/mol. The number of β-amino-alcohol motifs (C(OH)–C–C–N with tert-alkyl or cyclic N) is 1. The van der Waals surface area contributed by atoms with Crippen LogP contribution >= 0.6 is 11.6 Å². The van der Waals surface area contributed by atoms with E-state index in [-0.39, 0.29) is 11.4 Å². The van der Waals surface area contributed by atoms with Crippen molar-refractivity contribution in [1.82, 2.24) is 4.31 Å². The molecule has 1 unspecified atom stereocenters. The number of rotatable bonds is 2. The van der Waals surface area contributed by atoms with Crippen molar-refractivity contribution in [1.29, 1.82) is 0 Å². The van der Waals surface area contributed by atoms with Crippen molar-refractivity contribution in [3.05, 3.63) is 29.3 Å². The first-order valence-corrected chi connectivity index (χ1v) is 7.11. The fourth-order valence-electron chi connectivity index (χ4n) is 1.89. The molecule has 4 nitrogen and oxygen atoms in total. The Kier molecular flexibility index (Phi) is 3.20. The van der Waals surface area contributed by atoms with Crippen molar-refractivity contribution in [3.63, 3.8) is 0 Å². The quantitative estimate of drug-likeness (QED) is 0.890. The van der Waals surface area contributed by atoms with Gasteiger partial charge in [-0.15, -0.1) is 0 Å². The average molecular weight is 276 g/mol. The highest BCUT2D eigenvalue weighted by Crippen LogP contribution is 2.27. The maximum atomic E-state index is 12.2. The SMILES string of the molecule is CC1(O)CCN(S(=O)(=O)c2cccc(Cl)c2)C1. The third kappa shape index (κ3) is 2.63. The van der Waals surface area contributed by atoms with E-state index in [1.165, 1.54) is 16.4 Å². The Hall–Kier alpha value is -0.620. The van der Waals surface area contributed by atoms with E-state index in [9.17, 15) is 13.5 Å². The normalized spacial score (nSPS) is 26.3. The topological polar surface area (TPSA) is 57.6 Å². The van der Waals surface area contributed by atoms with Gasteiger partial charge in [0.1, 0.15) is 0 Å². The van der Waals surface area contributed by atoms with Crippen LogP contribution in [0.1, 0.15) is 13.3 Å². The molecule has 1 aliphatic heterocycles. The number of nitrogens with zero attached hydrogens (tertiary/aromatic N) is 1. The number of sulfonamides is 1. The summed E-state index contributed by atoms with van der Waals surface area (Å²) in [5, 5.41) is 10.2. The van der Waals surface area contributed by atoms with Gasteiger partial charge in [-0.25, -0.2) is 8.42 Å². The zero-order valence-electron chi connectivity index (χ0n) is 9.43. The van der Waals surface area contributed by atoms with Gasteiger partial charge >= 0.3 is 0 Å². The molecule has 1 aliphatic rings. The van der Waals surface area contributed by atoms with Crippen LogP contribution in [0.4, 0.5) is 0 Å². The zero-order valence-corrected chi connectivity index (χ0v) is 11.0. The van der Waals surface area contributed by atoms with Gasteiger partial charge in [-0.1, -0.05) is 17.7 Å². The third-order valence-electron chi connectivity index (χ3n) is 2.85. The van der Waals surface area contributed by atoms with E-state index in [1.807, 2.05) is 0 Å². The molecule has 1 atom stereocenters. The minimum Gasteiger partial charge on any atom is -0.389 e. The fourth-order valence-corrected chi connectivity index (χ4v) is 3.74. The molecule has 0 amide bonds. The third-order valence-corrected chi connectivity index (χ3v) is 4.93. The Morgan fingerprint density at radius 2 is 2.18 bits per heavy atom. The second-order valence-electron chi connectivity index (χ2n) is 4.54. The molecule has 0 spiro atoms. The van der Waals surface area contributed by atoms with Crippen molar-refractivity contribution in [2.75, 3.05) is 13.1 Å². The van der Waals surface area contributed by atoms with Gasteiger partial charge in [-0.05, 0) is 31.5 Å². The van der Waals surface area contributed by atoms with Crippen molar-refractivity contribution < 1.29 is 13.5 Å². The maximum Gasteiger partial charge on any atom is 0.243 e. The molecule has 1 N–H and O–H groups in total. The van der Waals surface area contributed by atoms with E-state index in [0.29, 0.717) is 18.0 Å². The molecule has 1 fully saturated rings. The van der Waals surface area contributed by atoms with E-state index in [2.05, 4.69) is 0 Å². The van der Waals surface area contributed by atoms with Gasteiger partial charge in [0, 0.05) is 18.1 Å². The highest BCUT2D eigenvalue weighted by molar-refractivity contribution is 7.89. The van der Waals surface area contributed by atoms with Crippen LogP contribution in [0.3, 0.4) is 0 Å². The van der Waals surface area contributed by atoms with E-state index in [1.54, 1.807) is 19.1 Å². The molecular formula is C11H14ClNO3S. The number of hydrogen-bond donors (Lipinski definition) is 1. The van der Waals surface area contributed by atoms with Gasteiger partial charge in [0.05, 0.1) is 10.5 Å². The van der Waals surface area contributed by atoms with Crippen molar-refractivity contribution >= 4 is 21.6 Å². The van der Waals surface area contributed by atoms with Crippen molar-refractivity contribution in [3.8, 4) is 0 Å². The minimum atomic E-state index is -3.54. The van der Waals surface area contributed by atoms with Gasteiger partial charge in [-0.2, -0.15) is 4.31 Å². The summed E-state index contributed by atoms with van der Waals surface area (Å²) in [5.41, 5.74) is -0.939. The van der Waals surface area contributed by atoms with Gasteiger partial charge < -0.3 is 5.11 Å². The van der Waals surface area contributed by atoms with Crippen LogP contribution < -0.4 is 0 Å². The Labute approximate surface area is 106 Å². The predicted molar refractivity (Wildman–Crippen MR) is 65.5 cm³/mol. The lowest BCUT2D eigenvalue weighted by Crippen LogP contribution is -2.33. The van der Waals surface area contributed by atoms with Gasteiger partial charge in [0.15, 0.2) is 0 Å². The number of aliphatic hydroxyl groups is 1. The lowest BCUT2D eigenvalue weighted by Gasteiger charge is -2.18. The molecule has 0 aromatic heterocycles. The maximum absolute atomic E-state index is 12.2. The van der Waals surface area contributed by atoms with Crippen LogP contribution in [-0.2, 0) is 10.0 Å². The first-order chi connectivity index (χ1) is 7.81. The Morgan fingerprint density at radius 3 is 2.71 bits per heavy atom. The number of halogens is 1. The van der Waals surface area contributed by atoms with E-state index < -0.39 is 15.6 Å². The average Bonchev–Trinajstić information content (AvgIpc) is 2.59. The van der Waals surface area contributed by atoms with E-state index >= 15 is 0 Å². The summed E-state index contributed by atoms with van der Waals surface area (Å²) in [6, 6.07) is 6.16. The summed E-state index contributed by atoms with van der Waals surface area (Å²) in [4.78, 5) is 0.169. The van der Waals surface area contributed by atoms with Crippen LogP contribution in [0.5, 0.6) is 0 Å². The van der Waals surface area contributed by atoms with E-state index in [4.69, 9.17) is 11.6 Å². The molecule has 1 aromatic carbocycles. The minimum absolute atomic E-state index is 0.127. The van der Waals surface area contributed by atoms with Gasteiger partial charge in [-0.3, -0.25) is 0 Å². The second-order valence-corrected chi connectivity index (χ2v) is 6.92. The van der Waals surface area contributed by atoms with Crippen LogP contribution in [0.15, 0.2) is 29.2 Å². The highest BCUT2D eigenvalue weighted by atomic mass is 35.5. The van der Waals surface area contributed by atoms with Gasteiger partial charge in [0.2, 0.25) is 10.0 Å². The summed E-state index contributed by atoms with van der Waals surface area (Å²) in [7, 11) is -3.54. The Bertz CT molecular complexity index is 527. The zero-order chi connectivity index (χ0) is 12.7. The lowest BCUT2D eigenvalue weighted by molar-refractivity contribution is 0.0762. The summed E-state index contributed by atoms with van der Waals surface area (Å²) in [6.45, 7) is 2.10. The van der Waals surface area contributed by atoms with Crippen LogP contribution in [-0.4, -0.2) is 36.5 Å². The molecule has 6 heteroatoms. The highest BCUT2D eigenvalue weighted by Gasteiger charge is 2.38. The number of hydrogen-bond acceptors (Lipinski definition) is 3. The standard InChI is InChI=1S/C11H14ClNO3S/c1-11(14)5-6-13(8-11)17(15,16)10-4-2-3-9(12)7-10/h2-4,7,14H,5-6,8H2,1H3. The largest absolute Gasteiger partial charge is 0.389 e. The van der Waals surface area contributed by atoms with Crippen LogP contribution in [0.2, 0.25) is 5.02 Å². The molecule has 1 aromatic rings. The number of benzene rings is 1. The predicted octanol–water partition coefficient (Wildman–Crippen LogP) is 1.49. The van der Waals surface area contributed by atoms with E-state index in [0.717, 1.165) is 0 Å². The van der Waals surface area contributed by atoms with Crippen LogP contribution in [0.25, 0.3) is 0 Å². The first kappa shape index (κ1) is 12.8. The Balaban J connectivity index is 2.32. The molecule has 0 bridgehead atoms. The molecule has 1 heterocycles. The first-order valence-electron chi connectivity index (χ1n) is 5.29. The molecule has 94 valence electrons. The molecule has 2 rings (SSSR count). The van der Waals surface area contributed by atoms with Gasteiger partial charge in [0.25, 0.3) is 0 Å². The summed E-state index contributed by atoms with van der Waals surface area (Å²) in [5.74, 6) is 0. The molecule has 1 saturated heterocycles. The Morgan fingerprint density at radius 1 is 1.47 bits per heavy atom. The summed E-state index contributed by atoms with van der Waals surface area (Å²) < 4.78 is 25.8. The summed E-state index contributed by atoms with van der Waals surface area (Å²) in [6.07, 6.45) is 0.451. The molecular weight excluding hydrogens is 262 g/mol. The molecule has 0 aliphatic carbocycles. The van der Waals surface area contributed by atoms with Crippen molar-refractivity contribution in [2.45, 2.75) is 23.8 Å². The smallest absolute Gasteiger partial charge is 0.243 e. The van der Waals surface area contributed by atoms with Crippen molar-refractivity contribution in [2.24, 2.45) is 0 Å². The second kappa shape index (κ2) is 4.24. The molecule has 0 saturated carbocycles.